The van der Waals surface area contributed by atoms with Gasteiger partial charge in [-0.3, -0.25) is 0 Å². The standard InChI is InChI=1S/C14H16O3/c1-3-16-12-6-4-5-11(9-12)14(15)13-8-7-10(2)17-13/h4-9,14-15H,3H2,1-2H3. The lowest BCUT2D eigenvalue weighted by atomic mass is 10.1. The molecule has 0 aliphatic heterocycles. The maximum atomic E-state index is 10.1. The van der Waals surface area contributed by atoms with Gasteiger partial charge in [-0.2, -0.15) is 0 Å². The molecule has 3 heteroatoms. The first-order chi connectivity index (χ1) is 8.20. The molecule has 0 bridgehead atoms. The number of rotatable bonds is 4. The molecule has 2 aromatic rings. The highest BCUT2D eigenvalue weighted by Crippen LogP contribution is 2.26. The second-order valence-electron chi connectivity index (χ2n) is 3.86. The summed E-state index contributed by atoms with van der Waals surface area (Å²) in [4.78, 5) is 0. The number of aryl methyl sites for hydroxylation is 1. The van der Waals surface area contributed by atoms with Gasteiger partial charge in [0.25, 0.3) is 0 Å². The van der Waals surface area contributed by atoms with Crippen molar-refractivity contribution >= 4 is 0 Å². The van der Waals surface area contributed by atoms with E-state index in [9.17, 15) is 5.11 Å². The van der Waals surface area contributed by atoms with E-state index < -0.39 is 6.10 Å². The summed E-state index contributed by atoms with van der Waals surface area (Å²) in [5.41, 5.74) is 0.769. The van der Waals surface area contributed by atoms with Crippen molar-refractivity contribution in [1.82, 2.24) is 0 Å². The molecule has 1 atom stereocenters. The van der Waals surface area contributed by atoms with Crippen molar-refractivity contribution < 1.29 is 14.3 Å². The van der Waals surface area contributed by atoms with Crippen LogP contribution < -0.4 is 4.74 Å². The Balaban J connectivity index is 2.24. The quantitative estimate of drug-likeness (QED) is 0.880. The number of hydrogen-bond donors (Lipinski definition) is 1. The Morgan fingerprint density at radius 3 is 2.76 bits per heavy atom. The van der Waals surface area contributed by atoms with E-state index in [2.05, 4.69) is 0 Å². The Labute approximate surface area is 101 Å². The molecule has 0 aliphatic carbocycles. The van der Waals surface area contributed by atoms with Crippen LogP contribution in [0.25, 0.3) is 0 Å². The monoisotopic (exact) mass is 232 g/mol. The van der Waals surface area contributed by atoms with Gasteiger partial charge in [-0.25, -0.2) is 0 Å². The molecule has 0 radical (unpaired) electrons. The van der Waals surface area contributed by atoms with E-state index in [1.165, 1.54) is 0 Å². The van der Waals surface area contributed by atoms with E-state index in [-0.39, 0.29) is 0 Å². The molecule has 1 heterocycles. The van der Waals surface area contributed by atoms with Crippen LogP contribution in [-0.2, 0) is 0 Å². The minimum Gasteiger partial charge on any atom is -0.494 e. The van der Waals surface area contributed by atoms with Crippen molar-refractivity contribution in [3.63, 3.8) is 0 Å². The summed E-state index contributed by atoms with van der Waals surface area (Å²) < 4.78 is 10.8. The van der Waals surface area contributed by atoms with Gasteiger partial charge < -0.3 is 14.3 Å². The lowest BCUT2D eigenvalue weighted by Crippen LogP contribution is -1.99. The molecule has 0 aliphatic rings. The molecule has 2 rings (SSSR count). The van der Waals surface area contributed by atoms with Crippen molar-refractivity contribution in [2.24, 2.45) is 0 Å². The SMILES string of the molecule is CCOc1cccc(C(O)c2ccc(C)o2)c1. The highest BCUT2D eigenvalue weighted by Gasteiger charge is 2.14. The molecule has 0 spiro atoms. The van der Waals surface area contributed by atoms with Crippen molar-refractivity contribution in [3.8, 4) is 5.75 Å². The van der Waals surface area contributed by atoms with Crippen LogP contribution in [0.1, 0.15) is 30.1 Å². The molecule has 17 heavy (non-hydrogen) atoms. The van der Waals surface area contributed by atoms with Crippen LogP contribution in [0.2, 0.25) is 0 Å². The fourth-order valence-electron chi connectivity index (χ4n) is 1.71. The van der Waals surface area contributed by atoms with Crippen molar-refractivity contribution in [2.75, 3.05) is 6.61 Å². The van der Waals surface area contributed by atoms with Crippen LogP contribution in [0, 0.1) is 6.92 Å². The van der Waals surface area contributed by atoms with Gasteiger partial charge in [0.05, 0.1) is 6.61 Å². The topological polar surface area (TPSA) is 42.6 Å². The third-order valence-electron chi connectivity index (χ3n) is 2.52. The molecule has 90 valence electrons. The van der Waals surface area contributed by atoms with Crippen molar-refractivity contribution in [2.45, 2.75) is 20.0 Å². The van der Waals surface area contributed by atoms with Gasteiger partial charge in [0, 0.05) is 0 Å². The fourth-order valence-corrected chi connectivity index (χ4v) is 1.71. The van der Waals surface area contributed by atoms with E-state index in [1.54, 1.807) is 6.07 Å². The minimum atomic E-state index is -0.746. The number of furan rings is 1. The van der Waals surface area contributed by atoms with E-state index in [1.807, 2.05) is 44.2 Å². The molecule has 0 amide bonds. The largest absolute Gasteiger partial charge is 0.494 e. The Morgan fingerprint density at radius 1 is 1.29 bits per heavy atom. The minimum absolute atomic E-state index is 0.552. The fraction of sp³-hybridized carbons (Fsp3) is 0.286. The molecular weight excluding hydrogens is 216 g/mol. The van der Waals surface area contributed by atoms with Gasteiger partial charge in [0.1, 0.15) is 23.4 Å². The van der Waals surface area contributed by atoms with Crippen molar-refractivity contribution in [1.29, 1.82) is 0 Å². The molecule has 3 nitrogen and oxygen atoms in total. The maximum Gasteiger partial charge on any atom is 0.137 e. The number of aliphatic hydroxyl groups is 1. The van der Waals surface area contributed by atoms with Crippen LogP contribution >= 0.6 is 0 Å². The van der Waals surface area contributed by atoms with E-state index in [0.717, 1.165) is 17.1 Å². The second-order valence-corrected chi connectivity index (χ2v) is 3.86. The highest BCUT2D eigenvalue weighted by molar-refractivity contribution is 5.33. The summed E-state index contributed by atoms with van der Waals surface area (Å²) in [6.45, 7) is 4.39. The zero-order chi connectivity index (χ0) is 12.3. The molecule has 1 N–H and O–H groups in total. The number of aliphatic hydroxyl groups excluding tert-OH is 1. The van der Waals surface area contributed by atoms with Gasteiger partial charge in [0.15, 0.2) is 0 Å². The zero-order valence-corrected chi connectivity index (χ0v) is 10.0. The highest BCUT2D eigenvalue weighted by atomic mass is 16.5. The Hall–Kier alpha value is -1.74. The van der Waals surface area contributed by atoms with Gasteiger partial charge >= 0.3 is 0 Å². The van der Waals surface area contributed by atoms with Crippen LogP contribution in [0.4, 0.5) is 0 Å². The number of ether oxygens (including phenoxy) is 1. The Morgan fingerprint density at radius 2 is 2.12 bits per heavy atom. The van der Waals surface area contributed by atoms with Gasteiger partial charge in [-0.05, 0) is 43.7 Å². The third-order valence-corrected chi connectivity index (χ3v) is 2.52. The zero-order valence-electron chi connectivity index (χ0n) is 10.0. The maximum absolute atomic E-state index is 10.1. The summed E-state index contributed by atoms with van der Waals surface area (Å²) in [6, 6.07) is 11.0. The summed E-state index contributed by atoms with van der Waals surface area (Å²) in [5, 5.41) is 10.1. The van der Waals surface area contributed by atoms with E-state index >= 15 is 0 Å². The van der Waals surface area contributed by atoms with Crippen molar-refractivity contribution in [3.05, 3.63) is 53.5 Å². The lowest BCUT2D eigenvalue weighted by Gasteiger charge is -2.10. The molecule has 1 unspecified atom stereocenters. The van der Waals surface area contributed by atoms with Gasteiger partial charge in [0.2, 0.25) is 0 Å². The average molecular weight is 232 g/mol. The first-order valence-corrected chi connectivity index (χ1v) is 5.68. The molecule has 1 aromatic heterocycles. The van der Waals surface area contributed by atoms with E-state index in [4.69, 9.17) is 9.15 Å². The summed E-state index contributed by atoms with van der Waals surface area (Å²) >= 11 is 0. The molecular formula is C14H16O3. The van der Waals surface area contributed by atoms with E-state index in [0.29, 0.717) is 12.4 Å². The first-order valence-electron chi connectivity index (χ1n) is 5.68. The van der Waals surface area contributed by atoms with Crippen LogP contribution in [-0.4, -0.2) is 11.7 Å². The average Bonchev–Trinajstić information content (AvgIpc) is 2.76. The summed E-state index contributed by atoms with van der Waals surface area (Å²) in [7, 11) is 0. The van der Waals surface area contributed by atoms with Crippen LogP contribution in [0.15, 0.2) is 40.8 Å². The first kappa shape index (κ1) is 11.7. The number of benzene rings is 1. The van der Waals surface area contributed by atoms with Crippen LogP contribution in [0.3, 0.4) is 0 Å². The molecule has 1 aromatic carbocycles. The smallest absolute Gasteiger partial charge is 0.137 e. The normalized spacial score (nSPS) is 12.4. The second kappa shape index (κ2) is 5.06. The Bertz CT molecular complexity index is 488. The summed E-state index contributed by atoms with van der Waals surface area (Å²) in [5.74, 6) is 2.10. The number of hydrogen-bond acceptors (Lipinski definition) is 3. The van der Waals surface area contributed by atoms with Gasteiger partial charge in [-0.15, -0.1) is 0 Å². The predicted molar refractivity (Wildman–Crippen MR) is 65.1 cm³/mol. The predicted octanol–water partition coefficient (Wildman–Crippen LogP) is 3.07. The van der Waals surface area contributed by atoms with Gasteiger partial charge in [-0.1, -0.05) is 12.1 Å². The molecule has 0 fully saturated rings. The summed E-state index contributed by atoms with van der Waals surface area (Å²) in [6.07, 6.45) is -0.746. The Kier molecular flexibility index (Phi) is 3.49. The lowest BCUT2D eigenvalue weighted by molar-refractivity contribution is 0.187. The molecule has 0 saturated carbocycles. The van der Waals surface area contributed by atoms with Crippen LogP contribution in [0.5, 0.6) is 5.75 Å². The third kappa shape index (κ3) is 2.68. The molecule has 0 saturated heterocycles.